The Morgan fingerprint density at radius 1 is 1.17 bits per heavy atom. The second-order valence-corrected chi connectivity index (χ2v) is 4.78. The number of phenols is 1. The SMILES string of the molecule is COc1ccc(C#N)c([C@@H](N)c2ccc(OC(F)(F)F)cc2)c1O. The van der Waals surface area contributed by atoms with Crippen LogP contribution < -0.4 is 15.2 Å². The Morgan fingerprint density at radius 3 is 2.29 bits per heavy atom. The van der Waals surface area contributed by atoms with Crippen LogP contribution in [-0.2, 0) is 0 Å². The number of hydrogen-bond acceptors (Lipinski definition) is 5. The van der Waals surface area contributed by atoms with Gasteiger partial charge in [0.15, 0.2) is 11.5 Å². The number of aromatic hydroxyl groups is 1. The van der Waals surface area contributed by atoms with Crippen molar-refractivity contribution in [1.82, 2.24) is 0 Å². The monoisotopic (exact) mass is 338 g/mol. The molecule has 0 fully saturated rings. The van der Waals surface area contributed by atoms with Crippen molar-refractivity contribution in [2.75, 3.05) is 7.11 Å². The number of nitriles is 1. The lowest BCUT2D eigenvalue weighted by Crippen LogP contribution is -2.17. The molecule has 3 N–H and O–H groups in total. The second kappa shape index (κ2) is 6.68. The number of nitrogens with two attached hydrogens (primary N) is 1. The van der Waals surface area contributed by atoms with Crippen LogP contribution in [0, 0.1) is 11.3 Å². The van der Waals surface area contributed by atoms with E-state index in [0.29, 0.717) is 5.56 Å². The highest BCUT2D eigenvalue weighted by atomic mass is 19.4. The highest BCUT2D eigenvalue weighted by Crippen LogP contribution is 2.38. The van der Waals surface area contributed by atoms with Crippen LogP contribution in [0.4, 0.5) is 13.2 Å². The zero-order valence-corrected chi connectivity index (χ0v) is 12.5. The van der Waals surface area contributed by atoms with Gasteiger partial charge in [-0.05, 0) is 29.8 Å². The van der Waals surface area contributed by atoms with E-state index in [-0.39, 0.29) is 22.6 Å². The first-order valence-electron chi connectivity index (χ1n) is 6.68. The first-order valence-corrected chi connectivity index (χ1v) is 6.68. The summed E-state index contributed by atoms with van der Waals surface area (Å²) in [6, 6.07) is 8.69. The van der Waals surface area contributed by atoms with Gasteiger partial charge in [0.25, 0.3) is 0 Å². The summed E-state index contributed by atoms with van der Waals surface area (Å²) in [7, 11) is 1.35. The molecule has 0 saturated carbocycles. The third-order valence-electron chi connectivity index (χ3n) is 3.30. The quantitative estimate of drug-likeness (QED) is 0.893. The number of ether oxygens (including phenoxy) is 2. The van der Waals surface area contributed by atoms with Gasteiger partial charge in [-0.25, -0.2) is 0 Å². The Kier molecular flexibility index (Phi) is 4.85. The molecule has 8 heteroatoms. The van der Waals surface area contributed by atoms with Crippen LogP contribution in [-0.4, -0.2) is 18.6 Å². The summed E-state index contributed by atoms with van der Waals surface area (Å²) in [5, 5.41) is 19.4. The Hall–Kier alpha value is -2.92. The zero-order chi connectivity index (χ0) is 17.9. The fourth-order valence-electron chi connectivity index (χ4n) is 2.21. The standard InChI is InChI=1S/C16H13F3N2O3/c1-23-12-7-4-10(8-20)13(15(12)22)14(21)9-2-5-11(6-3-9)24-16(17,18)19/h2-7,14,22H,21H2,1H3/t14-/m0/s1. The van der Waals surface area contributed by atoms with Crippen LogP contribution in [0.25, 0.3) is 0 Å². The maximum atomic E-state index is 12.2. The van der Waals surface area contributed by atoms with Gasteiger partial charge in [-0.2, -0.15) is 5.26 Å². The summed E-state index contributed by atoms with van der Waals surface area (Å²) >= 11 is 0. The van der Waals surface area contributed by atoms with Crippen molar-refractivity contribution in [3.8, 4) is 23.3 Å². The average molecular weight is 338 g/mol. The van der Waals surface area contributed by atoms with Crippen LogP contribution in [0.2, 0.25) is 0 Å². The van der Waals surface area contributed by atoms with Gasteiger partial charge in [-0.3, -0.25) is 0 Å². The molecule has 0 aliphatic heterocycles. The van der Waals surface area contributed by atoms with Gasteiger partial charge in [0.1, 0.15) is 5.75 Å². The van der Waals surface area contributed by atoms with Crippen molar-refractivity contribution in [3.05, 3.63) is 53.1 Å². The molecule has 0 bridgehead atoms. The van der Waals surface area contributed by atoms with Crippen molar-refractivity contribution in [1.29, 1.82) is 5.26 Å². The molecule has 0 heterocycles. The predicted molar refractivity (Wildman–Crippen MR) is 78.5 cm³/mol. The highest BCUT2D eigenvalue weighted by molar-refractivity contribution is 5.57. The molecule has 2 aromatic rings. The fraction of sp³-hybridized carbons (Fsp3) is 0.188. The summed E-state index contributed by atoms with van der Waals surface area (Å²) in [6.07, 6.45) is -4.79. The minimum absolute atomic E-state index is 0.126. The molecule has 0 spiro atoms. The second-order valence-electron chi connectivity index (χ2n) is 4.78. The molecule has 0 aliphatic rings. The third-order valence-corrected chi connectivity index (χ3v) is 3.30. The maximum absolute atomic E-state index is 12.2. The number of hydrogen-bond donors (Lipinski definition) is 2. The summed E-state index contributed by atoms with van der Waals surface area (Å²) in [6.45, 7) is 0. The van der Waals surface area contributed by atoms with E-state index >= 15 is 0 Å². The van der Waals surface area contributed by atoms with Gasteiger partial charge in [0, 0.05) is 5.56 Å². The maximum Gasteiger partial charge on any atom is 0.573 e. The predicted octanol–water partition coefficient (Wildman–Crippen LogP) is 3.22. The fourth-order valence-corrected chi connectivity index (χ4v) is 2.21. The minimum atomic E-state index is -4.79. The van der Waals surface area contributed by atoms with E-state index in [9.17, 15) is 23.5 Å². The molecule has 0 amide bonds. The molecular formula is C16H13F3N2O3. The van der Waals surface area contributed by atoms with Crippen LogP contribution in [0.5, 0.6) is 17.2 Å². The molecule has 24 heavy (non-hydrogen) atoms. The Labute approximate surface area is 135 Å². The van der Waals surface area contributed by atoms with Crippen molar-refractivity contribution >= 4 is 0 Å². The topological polar surface area (TPSA) is 88.5 Å². The van der Waals surface area contributed by atoms with Crippen molar-refractivity contribution in [2.45, 2.75) is 12.4 Å². The molecule has 0 aromatic heterocycles. The molecule has 5 nitrogen and oxygen atoms in total. The number of benzene rings is 2. The lowest BCUT2D eigenvalue weighted by molar-refractivity contribution is -0.274. The molecular weight excluding hydrogens is 325 g/mol. The van der Waals surface area contributed by atoms with Crippen LogP contribution >= 0.6 is 0 Å². The van der Waals surface area contributed by atoms with E-state index in [1.807, 2.05) is 6.07 Å². The summed E-state index contributed by atoms with van der Waals surface area (Å²) < 4.78 is 45.3. The number of rotatable bonds is 4. The van der Waals surface area contributed by atoms with Crippen molar-refractivity contribution in [3.63, 3.8) is 0 Å². The van der Waals surface area contributed by atoms with Crippen LogP contribution in [0.15, 0.2) is 36.4 Å². The smallest absolute Gasteiger partial charge is 0.504 e. The van der Waals surface area contributed by atoms with E-state index in [1.54, 1.807) is 0 Å². The first-order chi connectivity index (χ1) is 11.3. The van der Waals surface area contributed by atoms with E-state index in [0.717, 1.165) is 12.1 Å². The van der Waals surface area contributed by atoms with Gasteiger partial charge in [-0.15, -0.1) is 13.2 Å². The van der Waals surface area contributed by atoms with E-state index in [4.69, 9.17) is 10.5 Å². The number of nitrogens with zero attached hydrogens (tertiary/aromatic N) is 1. The van der Waals surface area contributed by atoms with Gasteiger partial charge in [-0.1, -0.05) is 12.1 Å². The van der Waals surface area contributed by atoms with E-state index in [2.05, 4.69) is 4.74 Å². The van der Waals surface area contributed by atoms with Gasteiger partial charge in [0.2, 0.25) is 0 Å². The molecule has 2 rings (SSSR count). The van der Waals surface area contributed by atoms with E-state index in [1.165, 1.54) is 31.4 Å². The summed E-state index contributed by atoms with van der Waals surface area (Å²) in [5.41, 5.74) is 6.72. The Morgan fingerprint density at radius 2 is 1.79 bits per heavy atom. The van der Waals surface area contributed by atoms with Crippen LogP contribution in [0.1, 0.15) is 22.7 Å². The van der Waals surface area contributed by atoms with E-state index < -0.39 is 18.2 Å². The molecule has 2 aromatic carbocycles. The minimum Gasteiger partial charge on any atom is -0.504 e. The molecule has 0 radical (unpaired) electrons. The third kappa shape index (κ3) is 3.70. The van der Waals surface area contributed by atoms with Gasteiger partial charge >= 0.3 is 6.36 Å². The van der Waals surface area contributed by atoms with Gasteiger partial charge < -0.3 is 20.3 Å². The number of phenolic OH excluding ortho intramolecular Hbond substituents is 1. The summed E-state index contributed by atoms with van der Waals surface area (Å²) in [4.78, 5) is 0. The van der Waals surface area contributed by atoms with Crippen LogP contribution in [0.3, 0.4) is 0 Å². The Balaban J connectivity index is 2.39. The molecule has 126 valence electrons. The number of alkyl halides is 3. The summed E-state index contributed by atoms with van der Waals surface area (Å²) in [5.74, 6) is -0.551. The first kappa shape index (κ1) is 17.4. The normalized spacial score (nSPS) is 12.3. The van der Waals surface area contributed by atoms with Gasteiger partial charge in [0.05, 0.1) is 24.8 Å². The average Bonchev–Trinajstić information content (AvgIpc) is 2.53. The molecule has 0 aliphatic carbocycles. The largest absolute Gasteiger partial charge is 0.573 e. The Bertz CT molecular complexity index is 768. The number of methoxy groups -OCH3 is 1. The lowest BCUT2D eigenvalue weighted by atomic mass is 9.94. The zero-order valence-electron chi connectivity index (χ0n) is 12.5. The molecule has 1 atom stereocenters. The van der Waals surface area contributed by atoms with Crippen molar-refractivity contribution in [2.24, 2.45) is 5.73 Å². The number of halogens is 3. The lowest BCUT2D eigenvalue weighted by Gasteiger charge is -2.18. The van der Waals surface area contributed by atoms with Crippen molar-refractivity contribution < 1.29 is 27.8 Å². The molecule has 0 saturated heterocycles. The molecule has 0 unspecified atom stereocenters. The highest BCUT2D eigenvalue weighted by Gasteiger charge is 2.31.